The molecule has 72 valence electrons. The number of nitriles is 1. The van der Waals surface area contributed by atoms with E-state index in [1.807, 2.05) is 24.3 Å². The molecule has 0 aliphatic rings. The molecule has 2 aromatic rings. The summed E-state index contributed by atoms with van der Waals surface area (Å²) in [5.74, 6) is 0.480. The normalized spacial score (nSPS) is 9.53. The fourth-order valence-electron chi connectivity index (χ4n) is 1.40. The van der Waals surface area contributed by atoms with Gasteiger partial charge in [-0.15, -0.1) is 0 Å². The minimum Gasteiger partial charge on any atom is -0.384 e. The van der Waals surface area contributed by atoms with Crippen LogP contribution in [0.1, 0.15) is 5.56 Å². The molecule has 0 bridgehead atoms. The summed E-state index contributed by atoms with van der Waals surface area (Å²) >= 11 is 0. The molecule has 0 fully saturated rings. The molecule has 0 atom stereocenters. The van der Waals surface area contributed by atoms with Crippen LogP contribution in [0.25, 0.3) is 11.1 Å². The Balaban J connectivity index is 2.55. The number of nitrogens with two attached hydrogens (primary N) is 1. The first-order chi connectivity index (χ1) is 7.31. The van der Waals surface area contributed by atoms with E-state index in [2.05, 4.69) is 11.1 Å². The molecule has 2 rings (SSSR count). The Morgan fingerprint density at radius 1 is 1.13 bits per heavy atom. The van der Waals surface area contributed by atoms with E-state index in [4.69, 9.17) is 11.0 Å². The number of rotatable bonds is 1. The van der Waals surface area contributed by atoms with E-state index in [0.717, 1.165) is 11.1 Å². The summed E-state index contributed by atoms with van der Waals surface area (Å²) in [7, 11) is 0. The van der Waals surface area contributed by atoms with E-state index in [9.17, 15) is 0 Å². The highest BCUT2D eigenvalue weighted by molar-refractivity contribution is 5.70. The Bertz CT molecular complexity index is 509. The Morgan fingerprint density at radius 3 is 2.60 bits per heavy atom. The first-order valence-electron chi connectivity index (χ1n) is 4.52. The molecule has 0 unspecified atom stereocenters. The minimum absolute atomic E-state index is 0.480. The second kappa shape index (κ2) is 3.81. The van der Waals surface area contributed by atoms with E-state index >= 15 is 0 Å². The molecular formula is C12H9N3. The van der Waals surface area contributed by atoms with Gasteiger partial charge >= 0.3 is 0 Å². The summed E-state index contributed by atoms with van der Waals surface area (Å²) in [6, 6.07) is 13.1. The summed E-state index contributed by atoms with van der Waals surface area (Å²) in [4.78, 5) is 4.00. The summed E-state index contributed by atoms with van der Waals surface area (Å²) in [6.45, 7) is 0. The highest BCUT2D eigenvalue weighted by Gasteiger charge is 2.03. The van der Waals surface area contributed by atoms with Crippen molar-refractivity contribution < 1.29 is 0 Å². The van der Waals surface area contributed by atoms with Crippen molar-refractivity contribution in [1.82, 2.24) is 4.98 Å². The maximum Gasteiger partial charge on any atom is 0.123 e. The van der Waals surface area contributed by atoms with E-state index in [1.165, 1.54) is 0 Å². The van der Waals surface area contributed by atoms with Gasteiger partial charge in [0.1, 0.15) is 5.82 Å². The van der Waals surface area contributed by atoms with Gasteiger partial charge in [0.25, 0.3) is 0 Å². The van der Waals surface area contributed by atoms with Crippen LogP contribution >= 0.6 is 0 Å². The van der Waals surface area contributed by atoms with Crippen molar-refractivity contribution in [2.45, 2.75) is 0 Å². The maximum atomic E-state index is 8.94. The molecule has 0 radical (unpaired) electrons. The Hall–Kier alpha value is -2.34. The average molecular weight is 195 g/mol. The Labute approximate surface area is 87.8 Å². The van der Waals surface area contributed by atoms with Gasteiger partial charge in [0.2, 0.25) is 0 Å². The van der Waals surface area contributed by atoms with Crippen molar-refractivity contribution in [1.29, 1.82) is 5.26 Å². The van der Waals surface area contributed by atoms with Crippen LogP contribution in [0.2, 0.25) is 0 Å². The van der Waals surface area contributed by atoms with E-state index in [0.29, 0.717) is 11.4 Å². The zero-order chi connectivity index (χ0) is 10.7. The van der Waals surface area contributed by atoms with Gasteiger partial charge in [-0.25, -0.2) is 4.98 Å². The molecule has 0 saturated carbocycles. The topological polar surface area (TPSA) is 62.7 Å². The molecule has 1 aromatic heterocycles. The van der Waals surface area contributed by atoms with Gasteiger partial charge in [0.05, 0.1) is 11.6 Å². The lowest BCUT2D eigenvalue weighted by molar-refractivity contribution is 1.33. The molecule has 0 aliphatic carbocycles. The fraction of sp³-hybridized carbons (Fsp3) is 0. The number of benzene rings is 1. The van der Waals surface area contributed by atoms with Gasteiger partial charge in [0.15, 0.2) is 0 Å². The van der Waals surface area contributed by atoms with Crippen LogP contribution in [-0.4, -0.2) is 4.98 Å². The SMILES string of the molecule is N#Cc1ccccc1-c1ccc(N)nc1. The zero-order valence-corrected chi connectivity index (χ0v) is 8.01. The highest BCUT2D eigenvalue weighted by atomic mass is 14.8. The van der Waals surface area contributed by atoms with Gasteiger partial charge in [-0.05, 0) is 18.2 Å². The van der Waals surface area contributed by atoms with Crippen molar-refractivity contribution in [3.05, 3.63) is 48.2 Å². The lowest BCUT2D eigenvalue weighted by Gasteiger charge is -2.03. The third-order valence-corrected chi connectivity index (χ3v) is 2.14. The number of nitrogen functional groups attached to an aromatic ring is 1. The quantitative estimate of drug-likeness (QED) is 0.758. The first-order valence-corrected chi connectivity index (χ1v) is 4.52. The lowest BCUT2D eigenvalue weighted by Crippen LogP contribution is -1.90. The predicted molar refractivity (Wildman–Crippen MR) is 58.8 cm³/mol. The Morgan fingerprint density at radius 2 is 1.93 bits per heavy atom. The molecule has 0 amide bonds. The summed E-state index contributed by atoms with van der Waals surface area (Å²) in [6.07, 6.45) is 1.67. The van der Waals surface area contributed by atoms with Crippen LogP contribution in [0.15, 0.2) is 42.6 Å². The molecule has 15 heavy (non-hydrogen) atoms. The molecular weight excluding hydrogens is 186 g/mol. The van der Waals surface area contributed by atoms with E-state index in [1.54, 1.807) is 18.3 Å². The smallest absolute Gasteiger partial charge is 0.123 e. The number of hydrogen-bond acceptors (Lipinski definition) is 3. The van der Waals surface area contributed by atoms with Crippen LogP contribution in [-0.2, 0) is 0 Å². The second-order valence-corrected chi connectivity index (χ2v) is 3.13. The third kappa shape index (κ3) is 1.79. The summed E-state index contributed by atoms with van der Waals surface area (Å²) in [5.41, 5.74) is 7.93. The average Bonchev–Trinajstić information content (AvgIpc) is 2.30. The molecule has 1 heterocycles. The van der Waals surface area contributed by atoms with Gasteiger partial charge in [-0.1, -0.05) is 18.2 Å². The van der Waals surface area contributed by atoms with E-state index < -0.39 is 0 Å². The standard InChI is InChI=1S/C12H9N3/c13-7-9-3-1-2-4-11(9)10-5-6-12(14)15-8-10/h1-6,8H,(H2,14,15). The molecule has 0 spiro atoms. The number of aromatic nitrogens is 1. The monoisotopic (exact) mass is 195 g/mol. The van der Waals surface area contributed by atoms with Crippen molar-refractivity contribution in [3.63, 3.8) is 0 Å². The van der Waals surface area contributed by atoms with Crippen LogP contribution in [0.4, 0.5) is 5.82 Å². The minimum atomic E-state index is 0.480. The molecule has 3 heteroatoms. The third-order valence-electron chi connectivity index (χ3n) is 2.14. The maximum absolute atomic E-state index is 8.94. The van der Waals surface area contributed by atoms with Crippen molar-refractivity contribution in [2.75, 3.05) is 5.73 Å². The van der Waals surface area contributed by atoms with Gasteiger partial charge in [0, 0.05) is 17.3 Å². The second-order valence-electron chi connectivity index (χ2n) is 3.13. The van der Waals surface area contributed by atoms with Crippen LogP contribution in [0, 0.1) is 11.3 Å². The molecule has 0 saturated heterocycles. The number of hydrogen-bond donors (Lipinski definition) is 1. The number of anilines is 1. The van der Waals surface area contributed by atoms with Crippen molar-refractivity contribution >= 4 is 5.82 Å². The number of pyridine rings is 1. The van der Waals surface area contributed by atoms with Gasteiger partial charge in [-0.2, -0.15) is 5.26 Å². The fourth-order valence-corrected chi connectivity index (χ4v) is 1.40. The summed E-state index contributed by atoms with van der Waals surface area (Å²) < 4.78 is 0. The zero-order valence-electron chi connectivity index (χ0n) is 8.01. The number of nitrogens with zero attached hydrogens (tertiary/aromatic N) is 2. The molecule has 2 N–H and O–H groups in total. The van der Waals surface area contributed by atoms with Gasteiger partial charge < -0.3 is 5.73 Å². The van der Waals surface area contributed by atoms with Crippen LogP contribution < -0.4 is 5.73 Å². The molecule has 3 nitrogen and oxygen atoms in total. The van der Waals surface area contributed by atoms with Crippen molar-refractivity contribution in [2.24, 2.45) is 0 Å². The Kier molecular flexibility index (Phi) is 2.34. The lowest BCUT2D eigenvalue weighted by atomic mass is 10.0. The molecule has 0 aliphatic heterocycles. The van der Waals surface area contributed by atoms with Gasteiger partial charge in [-0.3, -0.25) is 0 Å². The summed E-state index contributed by atoms with van der Waals surface area (Å²) in [5, 5.41) is 8.94. The first kappa shape index (κ1) is 9.22. The highest BCUT2D eigenvalue weighted by Crippen LogP contribution is 2.22. The van der Waals surface area contributed by atoms with Crippen molar-refractivity contribution in [3.8, 4) is 17.2 Å². The van der Waals surface area contributed by atoms with Crippen LogP contribution in [0.3, 0.4) is 0 Å². The predicted octanol–water partition coefficient (Wildman–Crippen LogP) is 2.20. The molecule has 1 aromatic carbocycles. The van der Waals surface area contributed by atoms with E-state index in [-0.39, 0.29) is 0 Å². The largest absolute Gasteiger partial charge is 0.384 e. The van der Waals surface area contributed by atoms with Crippen LogP contribution in [0.5, 0.6) is 0 Å².